The standard InChI is InChI=1S/C22H19Cl3N2O4S/c1-32(29,30)27(13-15-4-2-3-5-19(15)24)17-7-9-18(10-8-17)31-14-22(28)26-21-11-6-16(23)12-20(21)25/h2-12H,13-14H2,1H3,(H,26,28). The van der Waals surface area contributed by atoms with Gasteiger partial charge in [0.15, 0.2) is 6.61 Å². The van der Waals surface area contributed by atoms with Gasteiger partial charge >= 0.3 is 0 Å². The van der Waals surface area contributed by atoms with Crippen LogP contribution in [-0.2, 0) is 21.4 Å². The first-order valence-electron chi connectivity index (χ1n) is 9.32. The summed E-state index contributed by atoms with van der Waals surface area (Å²) in [5.74, 6) is -0.00733. The molecular weight excluding hydrogens is 495 g/mol. The topological polar surface area (TPSA) is 75.7 Å². The average Bonchev–Trinajstić information content (AvgIpc) is 2.73. The highest BCUT2D eigenvalue weighted by Crippen LogP contribution is 2.27. The molecule has 0 bridgehead atoms. The Morgan fingerprint density at radius 1 is 0.969 bits per heavy atom. The fourth-order valence-corrected chi connectivity index (χ4v) is 4.35. The summed E-state index contributed by atoms with van der Waals surface area (Å²) in [4.78, 5) is 12.1. The second kappa shape index (κ2) is 10.4. The van der Waals surface area contributed by atoms with Crippen LogP contribution in [0.2, 0.25) is 15.1 Å². The number of carbonyl (C=O) groups excluding carboxylic acids is 1. The summed E-state index contributed by atoms with van der Waals surface area (Å²) in [6.07, 6.45) is 1.13. The van der Waals surface area contributed by atoms with Crippen LogP contribution in [0, 0.1) is 0 Å². The summed E-state index contributed by atoms with van der Waals surface area (Å²) in [7, 11) is -3.57. The van der Waals surface area contributed by atoms with E-state index < -0.39 is 15.9 Å². The van der Waals surface area contributed by atoms with Crippen LogP contribution in [0.1, 0.15) is 5.56 Å². The predicted octanol–water partition coefficient (Wildman–Crippen LogP) is 5.63. The lowest BCUT2D eigenvalue weighted by Gasteiger charge is -2.23. The van der Waals surface area contributed by atoms with Gasteiger partial charge in [-0.3, -0.25) is 9.10 Å². The smallest absolute Gasteiger partial charge is 0.262 e. The normalized spacial score (nSPS) is 11.1. The highest BCUT2D eigenvalue weighted by Gasteiger charge is 2.19. The molecule has 0 saturated heterocycles. The van der Waals surface area contributed by atoms with E-state index in [0.29, 0.717) is 37.8 Å². The van der Waals surface area contributed by atoms with Gasteiger partial charge in [-0.15, -0.1) is 0 Å². The zero-order valence-electron chi connectivity index (χ0n) is 16.9. The number of anilines is 2. The number of hydrogen-bond donors (Lipinski definition) is 1. The van der Waals surface area contributed by atoms with Crippen molar-refractivity contribution < 1.29 is 17.9 Å². The van der Waals surface area contributed by atoms with E-state index >= 15 is 0 Å². The fraction of sp³-hybridized carbons (Fsp3) is 0.136. The molecule has 32 heavy (non-hydrogen) atoms. The molecule has 0 aliphatic rings. The van der Waals surface area contributed by atoms with E-state index in [2.05, 4.69) is 5.32 Å². The number of halogens is 3. The van der Waals surface area contributed by atoms with Crippen LogP contribution in [0.25, 0.3) is 0 Å². The summed E-state index contributed by atoms with van der Waals surface area (Å²) in [5.41, 5.74) is 1.54. The molecule has 0 fully saturated rings. The van der Waals surface area contributed by atoms with Gasteiger partial charge in [-0.25, -0.2) is 8.42 Å². The van der Waals surface area contributed by atoms with E-state index in [1.54, 1.807) is 60.7 Å². The molecule has 0 aliphatic heterocycles. The van der Waals surface area contributed by atoms with Crippen LogP contribution in [-0.4, -0.2) is 27.2 Å². The van der Waals surface area contributed by atoms with Crippen molar-refractivity contribution in [2.75, 3.05) is 22.5 Å². The van der Waals surface area contributed by atoms with E-state index in [4.69, 9.17) is 39.5 Å². The summed E-state index contributed by atoms with van der Waals surface area (Å²) >= 11 is 18.1. The minimum absolute atomic E-state index is 0.0863. The second-order valence-electron chi connectivity index (χ2n) is 6.82. The van der Waals surface area contributed by atoms with Crippen LogP contribution in [0.4, 0.5) is 11.4 Å². The van der Waals surface area contributed by atoms with Gasteiger partial charge in [0.2, 0.25) is 10.0 Å². The van der Waals surface area contributed by atoms with Crippen molar-refractivity contribution >= 4 is 62.1 Å². The average molecular weight is 514 g/mol. The van der Waals surface area contributed by atoms with Crippen LogP contribution in [0.3, 0.4) is 0 Å². The number of carbonyl (C=O) groups is 1. The van der Waals surface area contributed by atoms with Crippen LogP contribution < -0.4 is 14.4 Å². The first-order chi connectivity index (χ1) is 15.1. The van der Waals surface area contributed by atoms with Crippen molar-refractivity contribution in [3.05, 3.63) is 87.4 Å². The Bertz CT molecular complexity index is 1220. The molecule has 1 amide bonds. The van der Waals surface area contributed by atoms with Crippen LogP contribution in [0.15, 0.2) is 66.7 Å². The lowest BCUT2D eigenvalue weighted by molar-refractivity contribution is -0.118. The van der Waals surface area contributed by atoms with Crippen LogP contribution >= 0.6 is 34.8 Å². The Balaban J connectivity index is 1.66. The maximum Gasteiger partial charge on any atom is 0.262 e. The van der Waals surface area contributed by atoms with E-state index in [1.807, 2.05) is 0 Å². The maximum atomic E-state index is 12.3. The quantitative estimate of drug-likeness (QED) is 0.423. The number of nitrogens with one attached hydrogen (secondary N) is 1. The van der Waals surface area contributed by atoms with Crippen molar-refractivity contribution in [2.24, 2.45) is 0 Å². The molecular formula is C22H19Cl3N2O4S. The molecule has 0 aromatic heterocycles. The van der Waals surface area contributed by atoms with Gasteiger partial charge in [0, 0.05) is 10.0 Å². The van der Waals surface area contributed by atoms with Crippen molar-refractivity contribution in [1.29, 1.82) is 0 Å². The van der Waals surface area contributed by atoms with Gasteiger partial charge < -0.3 is 10.1 Å². The van der Waals surface area contributed by atoms with Crippen molar-refractivity contribution in [2.45, 2.75) is 6.54 Å². The minimum Gasteiger partial charge on any atom is -0.484 e. The monoisotopic (exact) mass is 512 g/mol. The van der Waals surface area contributed by atoms with Crippen LogP contribution in [0.5, 0.6) is 5.75 Å². The predicted molar refractivity (Wildman–Crippen MR) is 130 cm³/mol. The third-order valence-electron chi connectivity index (χ3n) is 4.37. The van der Waals surface area contributed by atoms with Gasteiger partial charge in [0.25, 0.3) is 5.91 Å². The highest BCUT2D eigenvalue weighted by molar-refractivity contribution is 7.92. The van der Waals surface area contributed by atoms with Crippen molar-refractivity contribution in [3.8, 4) is 5.75 Å². The minimum atomic E-state index is -3.57. The number of rotatable bonds is 8. The van der Waals surface area contributed by atoms with Gasteiger partial charge in [-0.05, 0) is 54.1 Å². The second-order valence-corrected chi connectivity index (χ2v) is 9.97. The van der Waals surface area contributed by atoms with Gasteiger partial charge in [0.05, 0.1) is 29.2 Å². The Hall–Kier alpha value is -2.45. The number of hydrogen-bond acceptors (Lipinski definition) is 4. The van der Waals surface area contributed by atoms with E-state index in [-0.39, 0.29) is 13.2 Å². The molecule has 10 heteroatoms. The highest BCUT2D eigenvalue weighted by atomic mass is 35.5. The molecule has 0 atom stereocenters. The number of nitrogens with zero attached hydrogens (tertiary/aromatic N) is 1. The first-order valence-corrected chi connectivity index (χ1v) is 12.3. The molecule has 3 aromatic carbocycles. The van der Waals surface area contributed by atoms with Gasteiger partial charge in [0.1, 0.15) is 5.75 Å². The number of benzene rings is 3. The Morgan fingerprint density at radius 3 is 2.28 bits per heavy atom. The lowest BCUT2D eigenvalue weighted by Crippen LogP contribution is -2.29. The molecule has 168 valence electrons. The largest absolute Gasteiger partial charge is 0.484 e. The Kier molecular flexibility index (Phi) is 7.90. The third kappa shape index (κ3) is 6.53. The van der Waals surface area contributed by atoms with Crippen molar-refractivity contribution in [1.82, 2.24) is 0 Å². The number of sulfonamides is 1. The van der Waals surface area contributed by atoms with Gasteiger partial charge in [-0.2, -0.15) is 0 Å². The molecule has 0 unspecified atom stereocenters. The number of ether oxygens (including phenoxy) is 1. The molecule has 3 aromatic rings. The molecule has 0 saturated carbocycles. The fourth-order valence-electron chi connectivity index (χ4n) is 2.82. The van der Waals surface area contributed by atoms with E-state index in [0.717, 1.165) is 6.26 Å². The SMILES string of the molecule is CS(=O)(=O)N(Cc1ccccc1Cl)c1ccc(OCC(=O)Nc2ccc(Cl)cc2Cl)cc1. The molecule has 3 rings (SSSR count). The summed E-state index contributed by atoms with van der Waals surface area (Å²) in [6, 6.07) is 18.1. The van der Waals surface area contributed by atoms with Gasteiger partial charge in [-0.1, -0.05) is 53.0 Å². The molecule has 0 spiro atoms. The molecule has 0 radical (unpaired) electrons. The third-order valence-corrected chi connectivity index (χ3v) is 6.43. The molecule has 6 nitrogen and oxygen atoms in total. The Labute approximate surface area is 201 Å². The first kappa shape index (κ1) is 24.2. The van der Waals surface area contributed by atoms with E-state index in [1.165, 1.54) is 10.4 Å². The Morgan fingerprint density at radius 2 is 1.66 bits per heavy atom. The summed E-state index contributed by atoms with van der Waals surface area (Å²) in [5, 5.41) is 3.89. The summed E-state index contributed by atoms with van der Waals surface area (Å²) < 4.78 is 31.4. The zero-order valence-corrected chi connectivity index (χ0v) is 20.0. The van der Waals surface area contributed by atoms with E-state index in [9.17, 15) is 13.2 Å². The number of amides is 1. The summed E-state index contributed by atoms with van der Waals surface area (Å²) in [6.45, 7) is -0.170. The molecule has 0 aliphatic carbocycles. The molecule has 0 heterocycles. The lowest BCUT2D eigenvalue weighted by atomic mass is 10.2. The zero-order chi connectivity index (χ0) is 23.3. The maximum absolute atomic E-state index is 12.3. The van der Waals surface area contributed by atoms with Crippen molar-refractivity contribution in [3.63, 3.8) is 0 Å². The molecule has 1 N–H and O–H groups in total.